The van der Waals surface area contributed by atoms with Crippen LogP contribution in [0.5, 0.6) is 11.5 Å². The molecule has 2 aromatic rings. The summed E-state index contributed by atoms with van der Waals surface area (Å²) in [4.78, 5) is 11.9. The van der Waals surface area contributed by atoms with E-state index in [1.807, 2.05) is 12.1 Å². The van der Waals surface area contributed by atoms with Crippen molar-refractivity contribution >= 4 is 12.0 Å². The molecule has 0 unspecified atom stereocenters. The highest BCUT2D eigenvalue weighted by Crippen LogP contribution is 2.31. The molecule has 0 aliphatic heterocycles. The van der Waals surface area contributed by atoms with E-state index in [2.05, 4.69) is 5.16 Å². The molecular formula is C17H19NO5. The lowest BCUT2D eigenvalue weighted by Gasteiger charge is -2.09. The van der Waals surface area contributed by atoms with Crippen molar-refractivity contribution in [2.45, 2.75) is 20.5 Å². The van der Waals surface area contributed by atoms with Crippen molar-refractivity contribution in [2.24, 2.45) is 0 Å². The van der Waals surface area contributed by atoms with Crippen LogP contribution in [0.1, 0.15) is 22.6 Å². The molecule has 0 N–H and O–H groups in total. The van der Waals surface area contributed by atoms with Crippen LogP contribution < -0.4 is 9.47 Å². The SMILES string of the molecule is COc1cccc(C=CC(=O)OCc2c(C)noc2C)c1OC. The number of aryl methyl sites for hydroxylation is 2. The van der Waals surface area contributed by atoms with Crippen LogP contribution >= 0.6 is 0 Å². The number of para-hydroxylation sites is 1. The molecule has 0 bridgehead atoms. The molecule has 0 atom stereocenters. The number of carbonyl (C=O) groups is 1. The van der Waals surface area contributed by atoms with Gasteiger partial charge in [-0.2, -0.15) is 0 Å². The molecule has 6 nitrogen and oxygen atoms in total. The molecule has 2 rings (SSSR count). The van der Waals surface area contributed by atoms with E-state index in [0.717, 1.165) is 11.1 Å². The van der Waals surface area contributed by atoms with Gasteiger partial charge in [-0.3, -0.25) is 0 Å². The zero-order chi connectivity index (χ0) is 16.8. The Balaban J connectivity index is 2.04. The first-order valence-electron chi connectivity index (χ1n) is 7.04. The topological polar surface area (TPSA) is 70.8 Å². The molecule has 0 saturated carbocycles. The Morgan fingerprint density at radius 3 is 2.65 bits per heavy atom. The van der Waals surface area contributed by atoms with Crippen LogP contribution in [-0.2, 0) is 16.1 Å². The minimum atomic E-state index is -0.463. The Bertz CT molecular complexity index is 698. The standard InChI is InChI=1S/C17H19NO5/c1-11-14(12(2)23-18-11)10-22-16(19)9-8-13-6-5-7-15(20-3)17(13)21-4/h5-9H,10H2,1-4H3. The maximum atomic E-state index is 11.9. The van der Waals surface area contributed by atoms with Crippen molar-refractivity contribution in [1.29, 1.82) is 0 Å². The molecule has 0 aliphatic rings. The quantitative estimate of drug-likeness (QED) is 0.602. The summed E-state index contributed by atoms with van der Waals surface area (Å²) in [6.07, 6.45) is 2.96. The van der Waals surface area contributed by atoms with Gasteiger partial charge in [0.2, 0.25) is 0 Å². The Labute approximate surface area is 134 Å². The van der Waals surface area contributed by atoms with Crippen LogP contribution in [0.4, 0.5) is 0 Å². The number of ether oxygens (including phenoxy) is 3. The van der Waals surface area contributed by atoms with Crippen molar-refractivity contribution < 1.29 is 23.5 Å². The molecular weight excluding hydrogens is 298 g/mol. The highest BCUT2D eigenvalue weighted by Gasteiger charge is 2.11. The maximum Gasteiger partial charge on any atom is 0.331 e. The fourth-order valence-electron chi connectivity index (χ4n) is 2.10. The Hall–Kier alpha value is -2.76. The molecule has 6 heteroatoms. The summed E-state index contributed by atoms with van der Waals surface area (Å²) in [5.74, 6) is 1.34. The minimum absolute atomic E-state index is 0.125. The molecule has 0 aliphatic carbocycles. The molecule has 1 aromatic heterocycles. The van der Waals surface area contributed by atoms with Gasteiger partial charge in [0.15, 0.2) is 11.5 Å². The normalized spacial score (nSPS) is 10.8. The summed E-state index contributed by atoms with van der Waals surface area (Å²) in [5.41, 5.74) is 2.22. The van der Waals surface area contributed by atoms with E-state index in [-0.39, 0.29) is 6.61 Å². The average Bonchev–Trinajstić information content (AvgIpc) is 2.88. The first kappa shape index (κ1) is 16.6. The van der Waals surface area contributed by atoms with Gasteiger partial charge in [-0.25, -0.2) is 4.79 Å². The van der Waals surface area contributed by atoms with Crippen LogP contribution in [0.15, 0.2) is 28.8 Å². The summed E-state index contributed by atoms with van der Waals surface area (Å²) >= 11 is 0. The van der Waals surface area contributed by atoms with Crippen molar-refractivity contribution in [3.63, 3.8) is 0 Å². The lowest BCUT2D eigenvalue weighted by Crippen LogP contribution is -2.02. The summed E-state index contributed by atoms with van der Waals surface area (Å²) in [7, 11) is 3.11. The minimum Gasteiger partial charge on any atom is -0.493 e. The zero-order valence-corrected chi connectivity index (χ0v) is 13.6. The van der Waals surface area contributed by atoms with E-state index >= 15 is 0 Å². The highest BCUT2D eigenvalue weighted by atomic mass is 16.5. The zero-order valence-electron chi connectivity index (χ0n) is 13.6. The largest absolute Gasteiger partial charge is 0.493 e. The van der Waals surface area contributed by atoms with Gasteiger partial charge in [0.25, 0.3) is 0 Å². The Kier molecular flexibility index (Phi) is 5.41. The van der Waals surface area contributed by atoms with Crippen molar-refractivity contribution in [2.75, 3.05) is 14.2 Å². The molecule has 0 spiro atoms. The second-order valence-electron chi connectivity index (χ2n) is 4.83. The number of esters is 1. The van der Waals surface area contributed by atoms with E-state index in [0.29, 0.717) is 23.0 Å². The van der Waals surface area contributed by atoms with E-state index < -0.39 is 5.97 Å². The first-order chi connectivity index (χ1) is 11.1. The Morgan fingerprint density at radius 1 is 1.26 bits per heavy atom. The number of hydrogen-bond acceptors (Lipinski definition) is 6. The smallest absolute Gasteiger partial charge is 0.331 e. The third kappa shape index (κ3) is 3.91. The summed E-state index contributed by atoms with van der Waals surface area (Å²) in [5, 5.41) is 3.81. The van der Waals surface area contributed by atoms with E-state index in [4.69, 9.17) is 18.7 Å². The average molecular weight is 317 g/mol. The number of rotatable bonds is 6. The maximum absolute atomic E-state index is 11.9. The molecule has 0 amide bonds. The lowest BCUT2D eigenvalue weighted by atomic mass is 10.1. The van der Waals surface area contributed by atoms with Crippen molar-refractivity contribution in [3.8, 4) is 11.5 Å². The van der Waals surface area contributed by atoms with Crippen LogP contribution in [0.2, 0.25) is 0 Å². The number of aromatic nitrogens is 1. The van der Waals surface area contributed by atoms with Crippen LogP contribution in [0.3, 0.4) is 0 Å². The molecule has 0 saturated heterocycles. The molecule has 0 radical (unpaired) electrons. The number of nitrogens with zero attached hydrogens (tertiary/aromatic N) is 1. The Morgan fingerprint density at radius 2 is 2.04 bits per heavy atom. The molecule has 1 aromatic carbocycles. The number of carbonyl (C=O) groups excluding carboxylic acids is 1. The van der Waals surface area contributed by atoms with E-state index in [9.17, 15) is 4.79 Å². The van der Waals surface area contributed by atoms with E-state index in [1.54, 1.807) is 40.2 Å². The van der Waals surface area contributed by atoms with Gasteiger partial charge < -0.3 is 18.7 Å². The predicted octanol–water partition coefficient (Wildman–Crippen LogP) is 3.07. The number of hydrogen-bond donors (Lipinski definition) is 0. The molecule has 1 heterocycles. The summed E-state index contributed by atoms with van der Waals surface area (Å²) in [6, 6.07) is 5.42. The van der Waals surface area contributed by atoms with Gasteiger partial charge in [0.05, 0.1) is 25.5 Å². The fraction of sp³-hybridized carbons (Fsp3) is 0.294. The second kappa shape index (κ2) is 7.49. The number of benzene rings is 1. The summed E-state index contributed by atoms with van der Waals surface area (Å²) < 4.78 is 20.7. The van der Waals surface area contributed by atoms with Gasteiger partial charge in [0, 0.05) is 11.6 Å². The molecule has 0 fully saturated rings. The monoisotopic (exact) mass is 317 g/mol. The van der Waals surface area contributed by atoms with Gasteiger partial charge in [0.1, 0.15) is 12.4 Å². The van der Waals surface area contributed by atoms with Gasteiger partial charge in [-0.1, -0.05) is 17.3 Å². The molecule has 23 heavy (non-hydrogen) atoms. The third-order valence-electron chi connectivity index (χ3n) is 3.37. The number of methoxy groups -OCH3 is 2. The van der Waals surface area contributed by atoms with Crippen LogP contribution in [-0.4, -0.2) is 25.3 Å². The molecule has 122 valence electrons. The van der Waals surface area contributed by atoms with Gasteiger partial charge in [-0.15, -0.1) is 0 Å². The van der Waals surface area contributed by atoms with Gasteiger partial charge in [-0.05, 0) is 26.0 Å². The summed E-state index contributed by atoms with van der Waals surface area (Å²) in [6.45, 7) is 3.70. The predicted molar refractivity (Wildman–Crippen MR) is 84.4 cm³/mol. The van der Waals surface area contributed by atoms with Crippen LogP contribution in [0, 0.1) is 13.8 Å². The van der Waals surface area contributed by atoms with Crippen LogP contribution in [0.25, 0.3) is 6.08 Å². The highest BCUT2D eigenvalue weighted by molar-refractivity contribution is 5.87. The lowest BCUT2D eigenvalue weighted by molar-refractivity contribution is -0.138. The van der Waals surface area contributed by atoms with Crippen molar-refractivity contribution in [3.05, 3.63) is 46.9 Å². The van der Waals surface area contributed by atoms with E-state index in [1.165, 1.54) is 6.08 Å². The van der Waals surface area contributed by atoms with Crippen molar-refractivity contribution in [1.82, 2.24) is 5.16 Å². The second-order valence-corrected chi connectivity index (χ2v) is 4.83. The fourth-order valence-corrected chi connectivity index (χ4v) is 2.10. The van der Waals surface area contributed by atoms with Gasteiger partial charge >= 0.3 is 5.97 Å². The first-order valence-corrected chi connectivity index (χ1v) is 7.04. The third-order valence-corrected chi connectivity index (χ3v) is 3.37.